The van der Waals surface area contributed by atoms with Crippen LogP contribution in [0, 0.1) is 3.57 Å². The van der Waals surface area contributed by atoms with Crippen LogP contribution in [-0.2, 0) is 11.3 Å². The van der Waals surface area contributed by atoms with E-state index in [0.717, 1.165) is 46.7 Å². The van der Waals surface area contributed by atoms with Crippen molar-refractivity contribution in [2.45, 2.75) is 13.5 Å². The minimum Gasteiger partial charge on any atom is -0.490 e. The van der Waals surface area contributed by atoms with Gasteiger partial charge in [0, 0.05) is 35.6 Å². The van der Waals surface area contributed by atoms with Gasteiger partial charge in [0.2, 0.25) is 0 Å². The number of benzene rings is 3. The van der Waals surface area contributed by atoms with Crippen molar-refractivity contribution < 1.29 is 14.2 Å². The minimum atomic E-state index is 0.374. The van der Waals surface area contributed by atoms with Crippen LogP contribution in [0.1, 0.15) is 18.1 Å². The topological polar surface area (TPSA) is 43.3 Å². The molecule has 0 bridgehead atoms. The molecule has 0 atom stereocenters. The summed E-state index contributed by atoms with van der Waals surface area (Å²) in [5.41, 5.74) is 3.98. The monoisotopic (exact) mass is 576 g/mol. The molecule has 0 saturated carbocycles. The number of halogens is 2. The minimum absolute atomic E-state index is 0.374. The molecule has 5 nitrogen and oxygen atoms in total. The molecular formula is C26H26ClIN2O3. The van der Waals surface area contributed by atoms with Crippen molar-refractivity contribution in [2.24, 2.45) is 4.99 Å². The molecule has 3 aromatic carbocycles. The van der Waals surface area contributed by atoms with Crippen molar-refractivity contribution in [2.75, 3.05) is 37.8 Å². The van der Waals surface area contributed by atoms with Crippen LogP contribution in [0.4, 0.5) is 11.4 Å². The maximum Gasteiger partial charge on any atom is 0.175 e. The second kappa shape index (κ2) is 11.7. The van der Waals surface area contributed by atoms with Gasteiger partial charge in [-0.05, 0) is 77.5 Å². The third-order valence-electron chi connectivity index (χ3n) is 5.25. The fraction of sp³-hybridized carbons (Fsp3) is 0.269. The van der Waals surface area contributed by atoms with Crippen molar-refractivity contribution in [3.05, 3.63) is 80.4 Å². The molecule has 1 saturated heterocycles. The van der Waals surface area contributed by atoms with Gasteiger partial charge in [0.15, 0.2) is 11.5 Å². The van der Waals surface area contributed by atoms with Crippen LogP contribution in [0.5, 0.6) is 11.5 Å². The lowest BCUT2D eigenvalue weighted by molar-refractivity contribution is 0.122. The molecule has 0 amide bonds. The number of nitrogens with zero attached hydrogens (tertiary/aromatic N) is 2. The maximum atomic E-state index is 6.27. The van der Waals surface area contributed by atoms with Crippen LogP contribution in [0.2, 0.25) is 5.02 Å². The summed E-state index contributed by atoms with van der Waals surface area (Å²) in [5.74, 6) is 1.41. The molecule has 0 aromatic heterocycles. The Bertz CT molecular complexity index is 1100. The summed E-state index contributed by atoms with van der Waals surface area (Å²) in [5, 5.41) is 0.689. The molecule has 3 aromatic rings. The van der Waals surface area contributed by atoms with Crippen molar-refractivity contribution in [1.82, 2.24) is 0 Å². The SMILES string of the molecule is CCOc1cc(C=Nc2ccc(N3CCOCC3)cc2)cc(I)c1OCc1ccccc1Cl. The van der Waals surface area contributed by atoms with E-state index in [1.807, 2.05) is 61.7 Å². The van der Waals surface area contributed by atoms with E-state index in [0.29, 0.717) is 29.7 Å². The molecule has 1 aliphatic rings. The quantitative estimate of drug-likeness (QED) is 0.227. The van der Waals surface area contributed by atoms with E-state index in [2.05, 4.69) is 44.6 Å². The second-order valence-corrected chi connectivity index (χ2v) is 9.09. The molecule has 0 spiro atoms. The maximum absolute atomic E-state index is 6.27. The van der Waals surface area contributed by atoms with E-state index in [1.165, 1.54) is 5.69 Å². The Morgan fingerprint density at radius 3 is 2.55 bits per heavy atom. The molecule has 1 fully saturated rings. The molecule has 1 aliphatic heterocycles. The van der Waals surface area contributed by atoms with Crippen molar-refractivity contribution >= 4 is 51.8 Å². The third kappa shape index (κ3) is 6.40. The summed E-state index contributed by atoms with van der Waals surface area (Å²) in [6.45, 7) is 6.28. The largest absolute Gasteiger partial charge is 0.490 e. The van der Waals surface area contributed by atoms with Gasteiger partial charge in [-0.2, -0.15) is 0 Å². The Morgan fingerprint density at radius 1 is 1.06 bits per heavy atom. The van der Waals surface area contributed by atoms with E-state index in [-0.39, 0.29) is 0 Å². The predicted octanol–water partition coefficient (Wildman–Crippen LogP) is 6.51. The molecule has 0 unspecified atom stereocenters. The molecule has 172 valence electrons. The number of rotatable bonds is 8. The molecule has 0 N–H and O–H groups in total. The van der Waals surface area contributed by atoms with Crippen LogP contribution in [-0.4, -0.2) is 39.1 Å². The lowest BCUT2D eigenvalue weighted by atomic mass is 10.2. The highest BCUT2D eigenvalue weighted by Gasteiger charge is 2.13. The van der Waals surface area contributed by atoms with E-state index < -0.39 is 0 Å². The molecule has 0 radical (unpaired) electrons. The van der Waals surface area contributed by atoms with Crippen molar-refractivity contribution in [3.8, 4) is 11.5 Å². The van der Waals surface area contributed by atoms with E-state index in [9.17, 15) is 0 Å². The molecule has 4 rings (SSSR count). The number of hydrogen-bond acceptors (Lipinski definition) is 5. The van der Waals surface area contributed by atoms with Gasteiger partial charge in [-0.25, -0.2) is 0 Å². The predicted molar refractivity (Wildman–Crippen MR) is 143 cm³/mol. The highest BCUT2D eigenvalue weighted by atomic mass is 127. The van der Waals surface area contributed by atoms with Gasteiger partial charge in [-0.1, -0.05) is 29.8 Å². The number of aliphatic imine (C=N–C) groups is 1. The zero-order chi connectivity index (χ0) is 23.0. The van der Waals surface area contributed by atoms with Gasteiger partial charge >= 0.3 is 0 Å². The summed E-state index contributed by atoms with van der Waals surface area (Å²) in [6, 6.07) is 20.0. The van der Waals surface area contributed by atoms with Crippen molar-refractivity contribution in [3.63, 3.8) is 0 Å². The summed E-state index contributed by atoms with van der Waals surface area (Å²) < 4.78 is 18.4. The lowest BCUT2D eigenvalue weighted by Gasteiger charge is -2.28. The van der Waals surface area contributed by atoms with Crippen molar-refractivity contribution in [1.29, 1.82) is 0 Å². The van der Waals surface area contributed by atoms with Gasteiger partial charge in [-0.3, -0.25) is 4.99 Å². The molecular weight excluding hydrogens is 551 g/mol. The zero-order valence-corrected chi connectivity index (χ0v) is 21.4. The Labute approximate surface area is 213 Å². The third-order valence-corrected chi connectivity index (χ3v) is 6.42. The average Bonchev–Trinajstić information content (AvgIpc) is 2.84. The van der Waals surface area contributed by atoms with Gasteiger partial charge in [0.25, 0.3) is 0 Å². The summed E-state index contributed by atoms with van der Waals surface area (Å²) in [6.07, 6.45) is 1.85. The summed E-state index contributed by atoms with van der Waals surface area (Å²) in [7, 11) is 0. The van der Waals surface area contributed by atoms with Crippen LogP contribution >= 0.6 is 34.2 Å². The zero-order valence-electron chi connectivity index (χ0n) is 18.5. The fourth-order valence-corrected chi connectivity index (χ4v) is 4.52. The first-order chi connectivity index (χ1) is 16.1. The average molecular weight is 577 g/mol. The van der Waals surface area contributed by atoms with Gasteiger partial charge in [0.05, 0.1) is 29.1 Å². The highest BCUT2D eigenvalue weighted by Crippen LogP contribution is 2.35. The molecule has 7 heteroatoms. The van der Waals surface area contributed by atoms with Crippen LogP contribution in [0.3, 0.4) is 0 Å². The van der Waals surface area contributed by atoms with Crippen LogP contribution in [0.25, 0.3) is 0 Å². The van der Waals surface area contributed by atoms with E-state index in [1.54, 1.807) is 0 Å². The Hall–Kier alpha value is -2.29. The Morgan fingerprint density at radius 2 is 1.82 bits per heavy atom. The normalized spacial score (nSPS) is 14.0. The molecule has 33 heavy (non-hydrogen) atoms. The number of hydrogen-bond donors (Lipinski definition) is 0. The van der Waals surface area contributed by atoms with Crippen LogP contribution < -0.4 is 14.4 Å². The number of ether oxygens (including phenoxy) is 3. The van der Waals surface area contributed by atoms with E-state index in [4.69, 9.17) is 25.8 Å². The Balaban J connectivity index is 1.48. The van der Waals surface area contributed by atoms with Gasteiger partial charge in [0.1, 0.15) is 6.61 Å². The number of anilines is 1. The first-order valence-electron chi connectivity index (χ1n) is 10.9. The molecule has 1 heterocycles. The first kappa shape index (κ1) is 23.9. The fourth-order valence-electron chi connectivity index (χ4n) is 3.55. The summed E-state index contributed by atoms with van der Waals surface area (Å²) in [4.78, 5) is 6.98. The highest BCUT2D eigenvalue weighted by molar-refractivity contribution is 14.1. The van der Waals surface area contributed by atoms with Crippen LogP contribution in [0.15, 0.2) is 65.7 Å². The van der Waals surface area contributed by atoms with E-state index >= 15 is 0 Å². The number of morpholine rings is 1. The molecule has 0 aliphatic carbocycles. The Kier molecular flexibility index (Phi) is 8.47. The summed E-state index contributed by atoms with van der Waals surface area (Å²) >= 11 is 8.54. The smallest absolute Gasteiger partial charge is 0.175 e. The second-order valence-electron chi connectivity index (χ2n) is 7.52. The van der Waals surface area contributed by atoms with Gasteiger partial charge < -0.3 is 19.1 Å². The standard InChI is InChI=1S/C26H26ClIN2O3/c1-2-32-25-16-19(15-24(28)26(25)33-18-20-5-3-4-6-23(20)27)17-29-21-7-9-22(10-8-21)30-11-13-31-14-12-30/h3-10,15-17H,2,11-14,18H2,1H3. The first-order valence-corrected chi connectivity index (χ1v) is 12.4. The van der Waals surface area contributed by atoms with Gasteiger partial charge in [-0.15, -0.1) is 0 Å². The lowest BCUT2D eigenvalue weighted by Crippen LogP contribution is -2.36.